The lowest BCUT2D eigenvalue weighted by Gasteiger charge is -2.33. The van der Waals surface area contributed by atoms with Crippen LogP contribution in [0, 0.1) is 5.92 Å². The first-order valence-electron chi connectivity index (χ1n) is 11.7. The molecule has 2 aliphatic rings. The Hall–Kier alpha value is -3.00. The largest absolute Gasteiger partial charge is 0.444 e. The van der Waals surface area contributed by atoms with Gasteiger partial charge in [0.1, 0.15) is 5.60 Å². The van der Waals surface area contributed by atoms with Crippen LogP contribution in [0.25, 0.3) is 0 Å². The second-order valence-electron chi connectivity index (χ2n) is 9.78. The van der Waals surface area contributed by atoms with Crippen molar-refractivity contribution in [3.05, 3.63) is 48.2 Å². The van der Waals surface area contributed by atoms with E-state index in [2.05, 4.69) is 27.6 Å². The number of rotatable bonds is 4. The number of likely N-dealkylation sites (tertiary alicyclic amines) is 1. The SMILES string of the molecule is CC(C)(C)OC(=O)N1CCC(c2ccc(N(C(=O)C3CCNC3)c3cccnn3)cc2)CC1. The summed E-state index contributed by atoms with van der Waals surface area (Å²) in [6.45, 7) is 8.56. The molecule has 2 aromatic rings. The second kappa shape index (κ2) is 9.87. The zero-order valence-corrected chi connectivity index (χ0v) is 19.7. The molecule has 0 aliphatic carbocycles. The van der Waals surface area contributed by atoms with Gasteiger partial charge >= 0.3 is 6.09 Å². The third-order valence-electron chi connectivity index (χ3n) is 6.19. The molecule has 3 heterocycles. The molecule has 0 spiro atoms. The van der Waals surface area contributed by atoms with Crippen molar-refractivity contribution in [2.24, 2.45) is 5.92 Å². The predicted octanol–water partition coefficient (Wildman–Crippen LogP) is 3.87. The topological polar surface area (TPSA) is 87.7 Å². The smallest absolute Gasteiger partial charge is 0.410 e. The number of piperidine rings is 1. The quantitative estimate of drug-likeness (QED) is 0.759. The van der Waals surface area contributed by atoms with Crippen molar-refractivity contribution in [2.45, 2.75) is 51.6 Å². The lowest BCUT2D eigenvalue weighted by molar-refractivity contribution is -0.121. The first-order valence-corrected chi connectivity index (χ1v) is 11.7. The molecule has 0 saturated carbocycles. The average Bonchev–Trinajstić information content (AvgIpc) is 3.35. The standard InChI is InChI=1S/C25H33N5O3/c1-25(2,3)33-24(32)29-15-11-19(12-16-29)18-6-8-21(9-7-18)30(22-5-4-13-27-28-22)23(31)20-10-14-26-17-20/h4-9,13,19-20,26H,10-12,14-17H2,1-3H3. The van der Waals surface area contributed by atoms with Gasteiger partial charge in [-0.3, -0.25) is 9.69 Å². The minimum absolute atomic E-state index is 0.0407. The molecule has 4 rings (SSSR count). The Morgan fingerprint density at radius 1 is 1.09 bits per heavy atom. The molecule has 2 fully saturated rings. The third-order valence-corrected chi connectivity index (χ3v) is 6.19. The van der Waals surface area contributed by atoms with E-state index in [-0.39, 0.29) is 17.9 Å². The van der Waals surface area contributed by atoms with Crippen LogP contribution in [0.3, 0.4) is 0 Å². The first kappa shape index (κ1) is 23.2. The van der Waals surface area contributed by atoms with Crippen LogP contribution >= 0.6 is 0 Å². The molecule has 1 aromatic heterocycles. The van der Waals surface area contributed by atoms with Crippen molar-refractivity contribution in [3.63, 3.8) is 0 Å². The van der Waals surface area contributed by atoms with Crippen LogP contribution in [-0.4, -0.2) is 58.9 Å². The monoisotopic (exact) mass is 451 g/mol. The molecule has 33 heavy (non-hydrogen) atoms. The molecule has 0 radical (unpaired) electrons. The maximum Gasteiger partial charge on any atom is 0.410 e. The summed E-state index contributed by atoms with van der Waals surface area (Å²) in [5.74, 6) is 0.882. The van der Waals surface area contributed by atoms with Crippen molar-refractivity contribution in [1.82, 2.24) is 20.4 Å². The Morgan fingerprint density at radius 3 is 2.39 bits per heavy atom. The van der Waals surface area contributed by atoms with Gasteiger partial charge in [0, 0.05) is 25.8 Å². The number of hydrogen-bond acceptors (Lipinski definition) is 6. The van der Waals surface area contributed by atoms with Crippen molar-refractivity contribution < 1.29 is 14.3 Å². The first-order chi connectivity index (χ1) is 15.8. The van der Waals surface area contributed by atoms with Crippen LogP contribution in [0.15, 0.2) is 42.6 Å². The minimum atomic E-state index is -0.481. The van der Waals surface area contributed by atoms with Gasteiger partial charge in [0.05, 0.1) is 11.6 Å². The number of aromatic nitrogens is 2. The summed E-state index contributed by atoms with van der Waals surface area (Å²) >= 11 is 0. The van der Waals surface area contributed by atoms with Crippen molar-refractivity contribution in [3.8, 4) is 0 Å². The summed E-state index contributed by atoms with van der Waals surface area (Å²) in [5.41, 5.74) is 1.53. The summed E-state index contributed by atoms with van der Waals surface area (Å²) in [5, 5.41) is 11.4. The number of nitrogens with zero attached hydrogens (tertiary/aromatic N) is 4. The number of nitrogens with one attached hydrogen (secondary N) is 1. The van der Waals surface area contributed by atoms with Crippen LogP contribution < -0.4 is 10.2 Å². The molecule has 2 aliphatic heterocycles. The van der Waals surface area contributed by atoms with Gasteiger partial charge in [-0.25, -0.2) is 4.79 Å². The van der Waals surface area contributed by atoms with E-state index in [4.69, 9.17) is 4.74 Å². The molecule has 1 aromatic carbocycles. The third kappa shape index (κ3) is 5.68. The van der Waals surface area contributed by atoms with E-state index in [1.54, 1.807) is 22.1 Å². The predicted molar refractivity (Wildman–Crippen MR) is 126 cm³/mol. The van der Waals surface area contributed by atoms with Crippen LogP contribution in [0.5, 0.6) is 0 Å². The fourth-order valence-electron chi connectivity index (χ4n) is 4.45. The van der Waals surface area contributed by atoms with Gasteiger partial charge in [0.2, 0.25) is 5.91 Å². The highest BCUT2D eigenvalue weighted by Gasteiger charge is 2.31. The molecular formula is C25H33N5O3. The molecule has 1 unspecified atom stereocenters. The van der Waals surface area contributed by atoms with Gasteiger partial charge in [-0.05, 0) is 82.3 Å². The Bertz CT molecular complexity index is 944. The Labute approximate surface area is 195 Å². The molecular weight excluding hydrogens is 418 g/mol. The molecule has 8 nitrogen and oxygen atoms in total. The summed E-state index contributed by atoms with van der Waals surface area (Å²) in [6, 6.07) is 11.8. The fraction of sp³-hybridized carbons (Fsp3) is 0.520. The number of benzene rings is 1. The van der Waals surface area contributed by atoms with E-state index < -0.39 is 5.60 Å². The van der Waals surface area contributed by atoms with Crippen LogP contribution in [0.2, 0.25) is 0 Å². The highest BCUT2D eigenvalue weighted by atomic mass is 16.6. The van der Waals surface area contributed by atoms with Gasteiger partial charge in [0.25, 0.3) is 0 Å². The maximum atomic E-state index is 13.3. The van der Waals surface area contributed by atoms with E-state index in [1.807, 2.05) is 39.0 Å². The van der Waals surface area contributed by atoms with Crippen LogP contribution in [0.1, 0.15) is 51.5 Å². The van der Waals surface area contributed by atoms with E-state index in [0.717, 1.165) is 31.5 Å². The zero-order chi connectivity index (χ0) is 23.4. The van der Waals surface area contributed by atoms with Gasteiger partial charge in [-0.2, -0.15) is 5.10 Å². The summed E-state index contributed by atoms with van der Waals surface area (Å²) in [6.07, 6.45) is 3.97. The van der Waals surface area contributed by atoms with Crippen molar-refractivity contribution >= 4 is 23.5 Å². The molecule has 2 saturated heterocycles. The van der Waals surface area contributed by atoms with Crippen LogP contribution in [0.4, 0.5) is 16.3 Å². The molecule has 0 bridgehead atoms. The van der Waals surface area contributed by atoms with Gasteiger partial charge in [-0.15, -0.1) is 5.10 Å². The minimum Gasteiger partial charge on any atom is -0.444 e. The highest BCUT2D eigenvalue weighted by Crippen LogP contribution is 2.32. The Balaban J connectivity index is 1.45. The molecule has 2 amide bonds. The number of ether oxygens (including phenoxy) is 1. The van der Waals surface area contributed by atoms with E-state index in [1.165, 1.54) is 5.56 Å². The lowest BCUT2D eigenvalue weighted by atomic mass is 9.89. The highest BCUT2D eigenvalue weighted by molar-refractivity contribution is 6.01. The van der Waals surface area contributed by atoms with Crippen molar-refractivity contribution in [2.75, 3.05) is 31.1 Å². The van der Waals surface area contributed by atoms with Gasteiger partial charge in [0.15, 0.2) is 5.82 Å². The van der Waals surface area contributed by atoms with Gasteiger partial charge < -0.3 is 15.0 Å². The molecule has 1 atom stereocenters. The molecule has 8 heteroatoms. The number of hydrogen-bond donors (Lipinski definition) is 1. The Morgan fingerprint density at radius 2 is 1.82 bits per heavy atom. The van der Waals surface area contributed by atoms with Gasteiger partial charge in [-0.1, -0.05) is 12.1 Å². The second-order valence-corrected chi connectivity index (χ2v) is 9.78. The fourth-order valence-corrected chi connectivity index (χ4v) is 4.45. The van der Waals surface area contributed by atoms with Crippen molar-refractivity contribution in [1.29, 1.82) is 0 Å². The summed E-state index contributed by atoms with van der Waals surface area (Å²) in [7, 11) is 0. The number of carbonyl (C=O) groups is 2. The number of anilines is 2. The summed E-state index contributed by atoms with van der Waals surface area (Å²) in [4.78, 5) is 29.1. The van der Waals surface area contributed by atoms with E-state index in [0.29, 0.717) is 31.4 Å². The maximum absolute atomic E-state index is 13.3. The lowest BCUT2D eigenvalue weighted by Crippen LogP contribution is -2.41. The summed E-state index contributed by atoms with van der Waals surface area (Å²) < 4.78 is 5.50. The number of carbonyl (C=O) groups excluding carboxylic acids is 2. The Kier molecular flexibility index (Phi) is 6.93. The average molecular weight is 452 g/mol. The zero-order valence-electron chi connectivity index (χ0n) is 19.7. The van der Waals surface area contributed by atoms with Crippen LogP contribution in [-0.2, 0) is 9.53 Å². The van der Waals surface area contributed by atoms with E-state index in [9.17, 15) is 9.59 Å². The molecule has 176 valence electrons. The number of amides is 2. The van der Waals surface area contributed by atoms with E-state index >= 15 is 0 Å². The normalized spacial score (nSPS) is 19.4. The molecule has 1 N–H and O–H groups in total.